The fourth-order valence-corrected chi connectivity index (χ4v) is 7.72. The average molecular weight is 624 g/mol. The molecule has 7 atom stereocenters. The van der Waals surface area contributed by atoms with Crippen molar-refractivity contribution in [1.82, 2.24) is 4.90 Å². The summed E-state index contributed by atoms with van der Waals surface area (Å²) in [7, 11) is 0. The van der Waals surface area contributed by atoms with Crippen molar-refractivity contribution < 1.29 is 29.0 Å². The number of unbranched alkanes of at least 4 members (excludes halogenated alkanes) is 1. The number of alkyl halides is 1. The number of likely N-dealkylation sites (tertiary alicyclic amines) is 1. The maximum atomic E-state index is 14.6. The lowest BCUT2D eigenvalue weighted by atomic mass is 9.70. The number of amides is 2. The molecule has 3 fully saturated rings. The van der Waals surface area contributed by atoms with Crippen LogP contribution in [0.4, 0.5) is 5.69 Å². The van der Waals surface area contributed by atoms with Gasteiger partial charge >= 0.3 is 5.97 Å². The van der Waals surface area contributed by atoms with E-state index >= 15 is 0 Å². The first-order valence-electron chi connectivity index (χ1n) is 13.4. The molecule has 39 heavy (non-hydrogen) atoms. The predicted octanol–water partition coefficient (Wildman–Crippen LogP) is 4.20. The van der Waals surface area contributed by atoms with Crippen molar-refractivity contribution in [3.05, 3.63) is 54.1 Å². The number of hydrogen-bond donors (Lipinski definition) is 1. The van der Waals surface area contributed by atoms with Gasteiger partial charge < -0.3 is 24.4 Å². The van der Waals surface area contributed by atoms with Crippen molar-refractivity contribution >= 4 is 51.0 Å². The Morgan fingerprint density at radius 2 is 2.13 bits per heavy atom. The van der Waals surface area contributed by atoms with Crippen molar-refractivity contribution in [3.8, 4) is 0 Å². The van der Waals surface area contributed by atoms with E-state index in [1.165, 1.54) is 9.80 Å². The molecule has 0 aromatic heterocycles. The molecule has 3 aliphatic rings. The zero-order valence-corrected chi connectivity index (χ0v) is 24.7. The quantitative estimate of drug-likeness (QED) is 0.162. The molecule has 2 amide bonds. The Kier molecular flexibility index (Phi) is 9.26. The van der Waals surface area contributed by atoms with Crippen LogP contribution in [0.3, 0.4) is 0 Å². The Morgan fingerprint density at radius 1 is 1.38 bits per heavy atom. The Hall–Kier alpha value is -2.20. The van der Waals surface area contributed by atoms with Crippen LogP contribution in [0, 0.1) is 18.8 Å². The second kappa shape index (κ2) is 12.1. The largest absolute Gasteiger partial charge is 0.465 e. The second-order valence-electron chi connectivity index (χ2n) is 10.4. The highest BCUT2D eigenvalue weighted by Gasteiger charge is 2.77. The molecule has 2 bridgehead atoms. The summed E-state index contributed by atoms with van der Waals surface area (Å²) in [6, 6.07) is 3.66. The molecule has 8 nitrogen and oxygen atoms in total. The van der Waals surface area contributed by atoms with Crippen molar-refractivity contribution in [3.63, 3.8) is 0 Å². The number of anilines is 1. The molecule has 0 saturated carbocycles. The van der Waals surface area contributed by atoms with Crippen LogP contribution >= 0.6 is 27.5 Å². The summed E-state index contributed by atoms with van der Waals surface area (Å²) in [4.78, 5) is 44.9. The average Bonchev–Trinajstić information content (AvgIpc) is 3.50. The SMILES string of the molecule is C=CCCCOC(=O)[C@H]1[C@@H]2OC3(CC2Br)C(C(=O)N(CC=C)c2c(C)cccc2Cl)N([C@@H](CC)CO)C(=O)[C@H]13. The lowest BCUT2D eigenvalue weighted by Gasteiger charge is -2.39. The molecule has 3 heterocycles. The summed E-state index contributed by atoms with van der Waals surface area (Å²) in [5.74, 6) is -3.06. The first-order valence-corrected chi connectivity index (χ1v) is 14.7. The van der Waals surface area contributed by atoms with Gasteiger partial charge in [0.1, 0.15) is 11.6 Å². The van der Waals surface area contributed by atoms with Crippen LogP contribution in [-0.2, 0) is 23.9 Å². The standard InChI is InChI=1S/C29H36BrClN2O6/c1-5-8-9-14-38-28(37)21-22-26(35)33(18(7-3)16-34)25(29(22)15-19(30)24(21)39-29)27(36)32(13-6-2)23-17(4)11-10-12-20(23)31/h5-6,10-12,18-19,21-22,24-25,34H,1-2,7-9,13-16H2,3-4H3/t18-,19?,21+,22-,24+,25?,29?/m0/s1. The van der Waals surface area contributed by atoms with Gasteiger partial charge in [-0.15, -0.1) is 13.2 Å². The number of rotatable bonds is 12. The maximum absolute atomic E-state index is 14.6. The molecule has 1 spiro atoms. The lowest BCUT2D eigenvalue weighted by Crippen LogP contribution is -2.59. The molecule has 212 valence electrons. The molecule has 3 saturated heterocycles. The van der Waals surface area contributed by atoms with E-state index in [4.69, 9.17) is 21.1 Å². The number of benzene rings is 1. The van der Waals surface area contributed by atoms with Gasteiger partial charge in [0, 0.05) is 11.4 Å². The Labute approximate surface area is 243 Å². The number of para-hydroxylation sites is 1. The minimum Gasteiger partial charge on any atom is -0.465 e. The van der Waals surface area contributed by atoms with E-state index < -0.39 is 47.5 Å². The van der Waals surface area contributed by atoms with Crippen LogP contribution in [0.2, 0.25) is 5.02 Å². The first kappa shape index (κ1) is 29.8. The van der Waals surface area contributed by atoms with Gasteiger partial charge in [-0.1, -0.05) is 58.7 Å². The first-order chi connectivity index (χ1) is 18.7. The van der Waals surface area contributed by atoms with Crippen LogP contribution in [-0.4, -0.2) is 76.2 Å². The molecule has 1 N–H and O–H groups in total. The van der Waals surface area contributed by atoms with Gasteiger partial charge in [0.05, 0.1) is 47.9 Å². The number of aryl methyl sites for hydroxylation is 1. The van der Waals surface area contributed by atoms with Crippen molar-refractivity contribution in [2.24, 2.45) is 11.8 Å². The molecule has 1 aromatic rings. The monoisotopic (exact) mass is 622 g/mol. The van der Waals surface area contributed by atoms with Gasteiger partial charge in [0.2, 0.25) is 5.91 Å². The normalized spacial score (nSPS) is 29.7. The van der Waals surface area contributed by atoms with Gasteiger partial charge in [0.25, 0.3) is 5.91 Å². The Balaban J connectivity index is 1.80. The Morgan fingerprint density at radius 3 is 2.74 bits per heavy atom. The molecular weight excluding hydrogens is 588 g/mol. The highest BCUT2D eigenvalue weighted by atomic mass is 79.9. The fourth-order valence-electron chi connectivity index (χ4n) is 6.45. The number of carbonyl (C=O) groups excluding carboxylic acids is 3. The Bertz CT molecular complexity index is 1120. The van der Waals surface area contributed by atoms with Gasteiger partial charge in [-0.05, 0) is 44.2 Å². The zero-order valence-electron chi connectivity index (χ0n) is 22.4. The van der Waals surface area contributed by atoms with Crippen LogP contribution in [0.5, 0.6) is 0 Å². The number of hydrogen-bond acceptors (Lipinski definition) is 6. The van der Waals surface area contributed by atoms with E-state index in [1.54, 1.807) is 24.3 Å². The molecule has 4 rings (SSSR count). The smallest absolute Gasteiger partial charge is 0.312 e. The van der Waals surface area contributed by atoms with Crippen LogP contribution < -0.4 is 4.90 Å². The summed E-state index contributed by atoms with van der Waals surface area (Å²) < 4.78 is 12.1. The minimum absolute atomic E-state index is 0.147. The second-order valence-corrected chi connectivity index (χ2v) is 12.0. The third kappa shape index (κ3) is 4.96. The number of carbonyl (C=O) groups is 3. The lowest BCUT2D eigenvalue weighted by molar-refractivity contribution is -0.155. The zero-order chi connectivity index (χ0) is 28.5. The number of aliphatic hydroxyl groups is 1. The summed E-state index contributed by atoms with van der Waals surface area (Å²) in [6.07, 6.45) is 4.83. The number of nitrogens with zero attached hydrogens (tertiary/aromatic N) is 2. The van der Waals surface area contributed by atoms with E-state index in [0.717, 1.165) is 5.56 Å². The highest BCUT2D eigenvalue weighted by Crippen LogP contribution is 2.61. The number of fused-ring (bicyclic) bond motifs is 1. The number of halogens is 2. The molecule has 3 aliphatic heterocycles. The van der Waals surface area contributed by atoms with Crippen LogP contribution in [0.1, 0.15) is 38.2 Å². The summed E-state index contributed by atoms with van der Waals surface area (Å²) in [5, 5.41) is 10.7. The maximum Gasteiger partial charge on any atom is 0.312 e. The topological polar surface area (TPSA) is 96.4 Å². The summed E-state index contributed by atoms with van der Waals surface area (Å²) >= 11 is 10.2. The molecule has 0 radical (unpaired) electrons. The van der Waals surface area contributed by atoms with E-state index in [9.17, 15) is 19.5 Å². The number of esters is 1. The van der Waals surface area contributed by atoms with Crippen molar-refractivity contribution in [1.29, 1.82) is 0 Å². The molecule has 3 unspecified atom stereocenters. The fraction of sp³-hybridized carbons (Fsp3) is 0.552. The van der Waals surface area contributed by atoms with Gasteiger partial charge in [0.15, 0.2) is 0 Å². The van der Waals surface area contributed by atoms with E-state index in [0.29, 0.717) is 36.4 Å². The number of allylic oxidation sites excluding steroid dienone is 1. The van der Waals surface area contributed by atoms with Crippen LogP contribution in [0.15, 0.2) is 43.5 Å². The summed E-state index contributed by atoms with van der Waals surface area (Å²) in [6.45, 7) is 11.2. The predicted molar refractivity (Wildman–Crippen MR) is 153 cm³/mol. The number of aliphatic hydroxyl groups excluding tert-OH is 1. The van der Waals surface area contributed by atoms with Gasteiger partial charge in [-0.3, -0.25) is 14.4 Å². The minimum atomic E-state index is -1.27. The molecule has 1 aromatic carbocycles. The molecular formula is C29H36BrClN2O6. The molecule has 0 aliphatic carbocycles. The third-order valence-electron chi connectivity index (χ3n) is 8.14. The van der Waals surface area contributed by atoms with Gasteiger partial charge in [-0.25, -0.2) is 0 Å². The van der Waals surface area contributed by atoms with E-state index in [1.807, 2.05) is 19.9 Å². The number of ether oxygens (including phenoxy) is 2. The van der Waals surface area contributed by atoms with E-state index in [2.05, 4.69) is 29.1 Å². The summed E-state index contributed by atoms with van der Waals surface area (Å²) in [5.41, 5.74) is 0.0388. The van der Waals surface area contributed by atoms with Gasteiger partial charge in [-0.2, -0.15) is 0 Å². The van der Waals surface area contributed by atoms with Crippen molar-refractivity contribution in [2.75, 3.05) is 24.7 Å². The molecule has 10 heteroatoms. The van der Waals surface area contributed by atoms with Crippen molar-refractivity contribution in [2.45, 2.75) is 68.1 Å². The highest BCUT2D eigenvalue weighted by molar-refractivity contribution is 9.09. The van der Waals surface area contributed by atoms with E-state index in [-0.39, 0.29) is 30.5 Å². The van der Waals surface area contributed by atoms with Crippen LogP contribution in [0.25, 0.3) is 0 Å². The third-order valence-corrected chi connectivity index (χ3v) is 9.29.